The molecule has 1 aliphatic carbocycles. The fourth-order valence-electron chi connectivity index (χ4n) is 2.71. The monoisotopic (exact) mass is 231 g/mol. The van der Waals surface area contributed by atoms with E-state index in [0.717, 1.165) is 41.6 Å². The van der Waals surface area contributed by atoms with E-state index >= 15 is 0 Å². The summed E-state index contributed by atoms with van der Waals surface area (Å²) in [6.45, 7) is 1.88. The van der Waals surface area contributed by atoms with Crippen molar-refractivity contribution in [3.8, 4) is 0 Å². The minimum atomic E-state index is -0.247. The molecule has 0 unspecified atom stereocenters. The molecule has 3 nitrogen and oxygen atoms in total. The molecule has 88 valence electrons. The number of benzene rings is 1. The molecule has 0 fully saturated rings. The fourth-order valence-corrected chi connectivity index (χ4v) is 2.71. The summed E-state index contributed by atoms with van der Waals surface area (Å²) < 4.78 is 13.4. The minimum Gasteiger partial charge on any atom is -0.323 e. The summed E-state index contributed by atoms with van der Waals surface area (Å²) in [5, 5.41) is 0.939. The molecule has 1 aromatic heterocycles. The number of nitrogens with two attached hydrogens (primary N) is 1. The molecule has 0 aliphatic heterocycles. The lowest BCUT2D eigenvalue weighted by Gasteiger charge is -2.13. The number of nitrogens with zero attached hydrogens (tertiary/aromatic N) is 1. The predicted octanol–water partition coefficient (Wildman–Crippen LogP) is 2.46. The van der Waals surface area contributed by atoms with E-state index in [0.29, 0.717) is 5.52 Å². The molecule has 0 bridgehead atoms. The van der Waals surface area contributed by atoms with E-state index in [1.54, 1.807) is 0 Å². The molecule has 2 aromatic rings. The summed E-state index contributed by atoms with van der Waals surface area (Å²) in [7, 11) is 0. The Balaban J connectivity index is 2.45. The third-order valence-electron chi connectivity index (χ3n) is 3.42. The van der Waals surface area contributed by atoms with Crippen molar-refractivity contribution in [3.63, 3.8) is 0 Å². The highest BCUT2D eigenvalue weighted by Gasteiger charge is 2.20. The van der Waals surface area contributed by atoms with Gasteiger partial charge in [-0.3, -0.25) is 10.8 Å². The lowest BCUT2D eigenvalue weighted by Crippen LogP contribution is -2.11. The molecule has 3 rings (SSSR count). The number of anilines is 1. The topological polar surface area (TPSA) is 50.9 Å². The number of hydrogen-bond donors (Lipinski definition) is 2. The van der Waals surface area contributed by atoms with Crippen LogP contribution in [-0.4, -0.2) is 4.98 Å². The minimum absolute atomic E-state index is 0.247. The third-order valence-corrected chi connectivity index (χ3v) is 3.42. The van der Waals surface area contributed by atoms with Crippen LogP contribution in [0.1, 0.15) is 23.2 Å². The summed E-state index contributed by atoms with van der Waals surface area (Å²) in [5.41, 5.74) is 7.49. The van der Waals surface area contributed by atoms with Gasteiger partial charge in [0.2, 0.25) is 0 Å². The van der Waals surface area contributed by atoms with Crippen molar-refractivity contribution in [2.24, 2.45) is 5.84 Å². The zero-order valence-electron chi connectivity index (χ0n) is 9.68. The number of hydrogen-bond acceptors (Lipinski definition) is 3. The predicted molar refractivity (Wildman–Crippen MR) is 66.3 cm³/mol. The zero-order valence-corrected chi connectivity index (χ0v) is 9.68. The Morgan fingerprint density at radius 2 is 2.18 bits per heavy atom. The van der Waals surface area contributed by atoms with E-state index in [1.165, 1.54) is 17.7 Å². The van der Waals surface area contributed by atoms with Crippen molar-refractivity contribution in [1.29, 1.82) is 0 Å². The van der Waals surface area contributed by atoms with Gasteiger partial charge in [0.1, 0.15) is 5.82 Å². The fraction of sp³-hybridized carbons (Fsp3) is 0.308. The Labute approximate surface area is 98.8 Å². The number of halogens is 1. The molecular weight excluding hydrogens is 217 g/mol. The largest absolute Gasteiger partial charge is 0.323 e. The van der Waals surface area contributed by atoms with Gasteiger partial charge in [0, 0.05) is 17.1 Å². The van der Waals surface area contributed by atoms with Gasteiger partial charge < -0.3 is 5.43 Å². The van der Waals surface area contributed by atoms with Crippen LogP contribution >= 0.6 is 0 Å². The van der Waals surface area contributed by atoms with Crippen LogP contribution in [0.5, 0.6) is 0 Å². The molecule has 0 saturated carbocycles. The average Bonchev–Trinajstić information content (AvgIpc) is 2.73. The Kier molecular flexibility index (Phi) is 2.26. The van der Waals surface area contributed by atoms with Crippen LogP contribution in [0.2, 0.25) is 0 Å². The number of nitrogen functional groups attached to an aromatic ring is 1. The molecule has 1 aromatic carbocycles. The van der Waals surface area contributed by atoms with Crippen LogP contribution in [0.25, 0.3) is 10.9 Å². The molecule has 3 N–H and O–H groups in total. The van der Waals surface area contributed by atoms with E-state index < -0.39 is 0 Å². The summed E-state index contributed by atoms with van der Waals surface area (Å²) in [5.74, 6) is 5.38. The Morgan fingerprint density at radius 3 is 2.94 bits per heavy atom. The molecule has 0 saturated heterocycles. The standard InChI is InChI=1S/C13H14FN3/c1-7-5-8(14)6-11-12(7)13(17-15)9-3-2-4-10(9)16-11/h5-6H,2-4,15H2,1H3,(H,16,17). The smallest absolute Gasteiger partial charge is 0.125 e. The number of aryl methyl sites for hydroxylation is 2. The highest BCUT2D eigenvalue weighted by Crippen LogP contribution is 2.35. The Hall–Kier alpha value is -1.68. The maximum Gasteiger partial charge on any atom is 0.125 e. The van der Waals surface area contributed by atoms with Crippen LogP contribution in [0.3, 0.4) is 0 Å². The number of aromatic nitrogens is 1. The summed E-state index contributed by atoms with van der Waals surface area (Å²) >= 11 is 0. The maximum atomic E-state index is 13.4. The van der Waals surface area contributed by atoms with Crippen molar-refractivity contribution in [3.05, 3.63) is 34.8 Å². The van der Waals surface area contributed by atoms with E-state index in [2.05, 4.69) is 10.4 Å². The maximum absolute atomic E-state index is 13.4. The van der Waals surface area contributed by atoms with Crippen LogP contribution in [0.4, 0.5) is 10.1 Å². The van der Waals surface area contributed by atoms with Crippen molar-refractivity contribution < 1.29 is 4.39 Å². The van der Waals surface area contributed by atoms with Gasteiger partial charge in [-0.25, -0.2) is 4.39 Å². The first kappa shape index (κ1) is 10.5. The number of rotatable bonds is 1. The lowest BCUT2D eigenvalue weighted by atomic mass is 10.0. The van der Waals surface area contributed by atoms with Crippen molar-refractivity contribution >= 4 is 16.6 Å². The highest BCUT2D eigenvalue weighted by atomic mass is 19.1. The van der Waals surface area contributed by atoms with Gasteiger partial charge in [-0.1, -0.05) is 0 Å². The van der Waals surface area contributed by atoms with Crippen LogP contribution in [0, 0.1) is 12.7 Å². The first-order chi connectivity index (χ1) is 8.20. The van der Waals surface area contributed by atoms with E-state index in [1.807, 2.05) is 6.92 Å². The number of fused-ring (bicyclic) bond motifs is 2. The highest BCUT2D eigenvalue weighted by molar-refractivity contribution is 5.96. The van der Waals surface area contributed by atoms with E-state index in [-0.39, 0.29) is 5.82 Å². The Bertz CT molecular complexity index is 607. The molecule has 0 radical (unpaired) electrons. The lowest BCUT2D eigenvalue weighted by molar-refractivity contribution is 0.628. The second-order valence-electron chi connectivity index (χ2n) is 4.53. The SMILES string of the molecule is Cc1cc(F)cc2nc3c(c(NN)c12)CCC3. The van der Waals surface area contributed by atoms with Crippen molar-refractivity contribution in [1.82, 2.24) is 4.98 Å². The molecule has 1 aliphatic rings. The van der Waals surface area contributed by atoms with Crippen molar-refractivity contribution in [2.45, 2.75) is 26.2 Å². The number of hydrazine groups is 1. The molecule has 0 amide bonds. The van der Waals surface area contributed by atoms with Crippen LogP contribution < -0.4 is 11.3 Å². The quantitative estimate of drug-likeness (QED) is 0.585. The van der Waals surface area contributed by atoms with Gasteiger partial charge >= 0.3 is 0 Å². The van der Waals surface area contributed by atoms with Crippen LogP contribution in [-0.2, 0) is 12.8 Å². The first-order valence-electron chi connectivity index (χ1n) is 5.79. The normalized spacial score (nSPS) is 14.1. The van der Waals surface area contributed by atoms with Crippen LogP contribution in [0.15, 0.2) is 12.1 Å². The van der Waals surface area contributed by atoms with Gasteiger partial charge in [0.15, 0.2) is 0 Å². The van der Waals surface area contributed by atoms with Gasteiger partial charge in [-0.05, 0) is 43.4 Å². The third kappa shape index (κ3) is 1.48. The second kappa shape index (κ2) is 3.67. The molecule has 4 heteroatoms. The molecule has 1 heterocycles. The second-order valence-corrected chi connectivity index (χ2v) is 4.53. The van der Waals surface area contributed by atoms with Gasteiger partial charge in [0.25, 0.3) is 0 Å². The first-order valence-corrected chi connectivity index (χ1v) is 5.79. The Morgan fingerprint density at radius 1 is 1.35 bits per heavy atom. The molecule has 17 heavy (non-hydrogen) atoms. The summed E-state index contributed by atoms with van der Waals surface area (Å²) in [6.07, 6.45) is 3.04. The van der Waals surface area contributed by atoms with Gasteiger partial charge in [0.05, 0.1) is 11.2 Å². The van der Waals surface area contributed by atoms with Gasteiger partial charge in [-0.15, -0.1) is 0 Å². The van der Waals surface area contributed by atoms with E-state index in [4.69, 9.17) is 5.84 Å². The molecule has 0 atom stereocenters. The number of nitrogens with one attached hydrogen (secondary N) is 1. The zero-order chi connectivity index (χ0) is 12.0. The van der Waals surface area contributed by atoms with E-state index in [9.17, 15) is 4.39 Å². The summed E-state index contributed by atoms with van der Waals surface area (Å²) in [4.78, 5) is 4.55. The van der Waals surface area contributed by atoms with Crippen molar-refractivity contribution in [2.75, 3.05) is 5.43 Å². The average molecular weight is 231 g/mol. The number of pyridine rings is 1. The molecule has 0 spiro atoms. The molecular formula is C13H14FN3. The summed E-state index contributed by atoms with van der Waals surface area (Å²) in [6, 6.07) is 2.99. The van der Waals surface area contributed by atoms with Gasteiger partial charge in [-0.2, -0.15) is 0 Å².